The lowest BCUT2D eigenvalue weighted by Gasteiger charge is -2.22. The summed E-state index contributed by atoms with van der Waals surface area (Å²) in [6.07, 6.45) is 4.67. The lowest BCUT2D eigenvalue weighted by molar-refractivity contribution is 0.0120. The Morgan fingerprint density at radius 2 is 2.27 bits per heavy atom. The number of hydrogen-bond donors (Lipinski definition) is 2. The molecule has 2 amide bonds. The second-order valence-electron chi connectivity index (χ2n) is 6.08. The van der Waals surface area contributed by atoms with E-state index in [2.05, 4.69) is 16.7 Å². The van der Waals surface area contributed by atoms with Gasteiger partial charge in [-0.2, -0.15) is 0 Å². The fourth-order valence-electron chi connectivity index (χ4n) is 3.04. The first-order valence-corrected chi connectivity index (χ1v) is 8.11. The van der Waals surface area contributed by atoms with E-state index in [1.807, 2.05) is 19.1 Å². The molecule has 2 aliphatic heterocycles. The molecule has 1 saturated heterocycles. The van der Waals surface area contributed by atoms with Gasteiger partial charge in [-0.1, -0.05) is 17.7 Å². The van der Waals surface area contributed by atoms with Gasteiger partial charge in [0.25, 0.3) is 0 Å². The summed E-state index contributed by atoms with van der Waals surface area (Å²) in [7, 11) is 0. The van der Waals surface area contributed by atoms with E-state index in [-0.39, 0.29) is 12.1 Å². The van der Waals surface area contributed by atoms with Crippen molar-refractivity contribution in [3.8, 4) is 5.75 Å². The second kappa shape index (κ2) is 7.01. The van der Waals surface area contributed by atoms with Crippen LogP contribution in [-0.2, 0) is 4.74 Å². The van der Waals surface area contributed by atoms with Crippen LogP contribution in [0.1, 0.15) is 42.9 Å². The molecule has 5 heteroatoms. The molecule has 0 aromatic heterocycles. The number of rotatable bonds is 4. The van der Waals surface area contributed by atoms with Gasteiger partial charge in [0, 0.05) is 18.7 Å². The standard InChI is InChI=1S/C17H24N2O3/c1-12-5-6-16-14(10-12)15(11-22-16)19-17(20)18-8-7-13-4-2-3-9-21-13/h5-6,10,13,15H,2-4,7-9,11H2,1H3,(H2,18,19,20)/t13-,15+/m1/s1. The van der Waals surface area contributed by atoms with Crippen molar-refractivity contribution in [3.05, 3.63) is 29.3 Å². The molecule has 1 aromatic rings. The van der Waals surface area contributed by atoms with Gasteiger partial charge in [-0.3, -0.25) is 0 Å². The zero-order valence-electron chi connectivity index (χ0n) is 13.1. The van der Waals surface area contributed by atoms with Crippen LogP contribution in [0.4, 0.5) is 4.79 Å². The molecule has 2 N–H and O–H groups in total. The number of carbonyl (C=O) groups excluding carboxylic acids is 1. The first kappa shape index (κ1) is 15.2. The van der Waals surface area contributed by atoms with Gasteiger partial charge in [0.15, 0.2) is 0 Å². The van der Waals surface area contributed by atoms with Crippen LogP contribution >= 0.6 is 0 Å². The van der Waals surface area contributed by atoms with Crippen LogP contribution in [-0.4, -0.2) is 31.9 Å². The Morgan fingerprint density at radius 3 is 3.09 bits per heavy atom. The first-order chi connectivity index (χ1) is 10.7. The van der Waals surface area contributed by atoms with Gasteiger partial charge in [0.1, 0.15) is 12.4 Å². The van der Waals surface area contributed by atoms with Crippen molar-refractivity contribution < 1.29 is 14.3 Å². The SMILES string of the molecule is Cc1ccc2c(c1)[C@@H](NC(=O)NCC[C@H]1CCCCO1)CO2. The molecule has 0 radical (unpaired) electrons. The van der Waals surface area contributed by atoms with Gasteiger partial charge in [0.05, 0.1) is 12.1 Å². The largest absolute Gasteiger partial charge is 0.491 e. The van der Waals surface area contributed by atoms with Gasteiger partial charge in [-0.15, -0.1) is 0 Å². The topological polar surface area (TPSA) is 59.6 Å². The Kier molecular flexibility index (Phi) is 4.83. The minimum Gasteiger partial charge on any atom is -0.491 e. The lowest BCUT2D eigenvalue weighted by Crippen LogP contribution is -2.40. The molecule has 22 heavy (non-hydrogen) atoms. The number of nitrogens with one attached hydrogen (secondary N) is 2. The lowest BCUT2D eigenvalue weighted by atomic mass is 10.1. The Hall–Kier alpha value is -1.75. The van der Waals surface area contributed by atoms with Gasteiger partial charge in [-0.25, -0.2) is 4.79 Å². The van der Waals surface area contributed by atoms with E-state index in [4.69, 9.17) is 9.47 Å². The summed E-state index contributed by atoms with van der Waals surface area (Å²) in [6, 6.07) is 5.85. The molecule has 0 saturated carbocycles. The molecule has 2 aliphatic rings. The molecule has 0 spiro atoms. The van der Waals surface area contributed by atoms with Crippen LogP contribution < -0.4 is 15.4 Å². The number of aryl methyl sites for hydroxylation is 1. The number of carbonyl (C=O) groups is 1. The highest BCUT2D eigenvalue weighted by molar-refractivity contribution is 5.74. The zero-order chi connectivity index (χ0) is 15.4. The molecule has 1 fully saturated rings. The van der Waals surface area contributed by atoms with E-state index in [1.54, 1.807) is 0 Å². The fraction of sp³-hybridized carbons (Fsp3) is 0.588. The number of amides is 2. The average Bonchev–Trinajstić information content (AvgIpc) is 2.90. The monoisotopic (exact) mass is 304 g/mol. The average molecular weight is 304 g/mol. The number of hydrogen-bond acceptors (Lipinski definition) is 3. The minimum absolute atomic E-state index is 0.0687. The fourth-order valence-corrected chi connectivity index (χ4v) is 3.04. The van der Waals surface area contributed by atoms with E-state index in [0.717, 1.165) is 37.2 Å². The van der Waals surface area contributed by atoms with E-state index in [9.17, 15) is 4.79 Å². The Balaban J connectivity index is 1.44. The number of urea groups is 1. The third kappa shape index (κ3) is 3.71. The molecule has 120 valence electrons. The van der Waals surface area contributed by atoms with Crippen molar-refractivity contribution in [2.45, 2.75) is 44.8 Å². The summed E-state index contributed by atoms with van der Waals surface area (Å²) < 4.78 is 11.3. The summed E-state index contributed by atoms with van der Waals surface area (Å²) in [5.41, 5.74) is 2.23. The molecule has 0 unspecified atom stereocenters. The Labute approximate surface area is 131 Å². The van der Waals surface area contributed by atoms with Crippen molar-refractivity contribution in [1.82, 2.24) is 10.6 Å². The van der Waals surface area contributed by atoms with E-state index < -0.39 is 0 Å². The van der Waals surface area contributed by atoms with Crippen LogP contribution in [0.15, 0.2) is 18.2 Å². The normalized spacial score (nSPS) is 23.5. The highest BCUT2D eigenvalue weighted by Crippen LogP contribution is 2.32. The zero-order valence-corrected chi connectivity index (χ0v) is 13.1. The Morgan fingerprint density at radius 1 is 1.36 bits per heavy atom. The van der Waals surface area contributed by atoms with Crippen molar-refractivity contribution in [2.75, 3.05) is 19.8 Å². The van der Waals surface area contributed by atoms with Crippen molar-refractivity contribution in [3.63, 3.8) is 0 Å². The maximum atomic E-state index is 12.0. The smallest absolute Gasteiger partial charge is 0.315 e. The predicted octanol–water partition coefficient (Wildman–Crippen LogP) is 2.69. The summed E-state index contributed by atoms with van der Waals surface area (Å²) in [4.78, 5) is 12.0. The Bertz CT molecular complexity index is 527. The summed E-state index contributed by atoms with van der Waals surface area (Å²) in [5, 5.41) is 5.90. The van der Waals surface area contributed by atoms with Crippen LogP contribution in [0.2, 0.25) is 0 Å². The number of benzene rings is 1. The van der Waals surface area contributed by atoms with Crippen LogP contribution in [0.5, 0.6) is 5.75 Å². The third-order valence-electron chi connectivity index (χ3n) is 4.28. The highest BCUT2D eigenvalue weighted by atomic mass is 16.5. The summed E-state index contributed by atoms with van der Waals surface area (Å²) >= 11 is 0. The number of fused-ring (bicyclic) bond motifs is 1. The molecule has 3 rings (SSSR count). The quantitative estimate of drug-likeness (QED) is 0.899. The summed E-state index contributed by atoms with van der Waals surface area (Å²) in [5.74, 6) is 0.867. The van der Waals surface area contributed by atoms with Gasteiger partial charge >= 0.3 is 6.03 Å². The summed E-state index contributed by atoms with van der Waals surface area (Å²) in [6.45, 7) is 4.04. The third-order valence-corrected chi connectivity index (χ3v) is 4.28. The molecule has 1 aromatic carbocycles. The molecule has 5 nitrogen and oxygen atoms in total. The highest BCUT2D eigenvalue weighted by Gasteiger charge is 2.25. The van der Waals surface area contributed by atoms with Crippen LogP contribution in [0.3, 0.4) is 0 Å². The van der Waals surface area contributed by atoms with Crippen molar-refractivity contribution in [2.24, 2.45) is 0 Å². The van der Waals surface area contributed by atoms with Crippen LogP contribution in [0, 0.1) is 6.92 Å². The molecule has 2 heterocycles. The molecule has 2 atom stereocenters. The van der Waals surface area contributed by atoms with Crippen molar-refractivity contribution >= 4 is 6.03 Å². The predicted molar refractivity (Wildman–Crippen MR) is 84.2 cm³/mol. The minimum atomic E-state index is -0.140. The second-order valence-corrected chi connectivity index (χ2v) is 6.08. The first-order valence-electron chi connectivity index (χ1n) is 8.11. The molecule has 0 aliphatic carbocycles. The van der Waals surface area contributed by atoms with E-state index in [0.29, 0.717) is 19.3 Å². The van der Waals surface area contributed by atoms with Gasteiger partial charge in [0.2, 0.25) is 0 Å². The molecular weight excluding hydrogens is 280 g/mol. The molecule has 0 bridgehead atoms. The van der Waals surface area contributed by atoms with Crippen molar-refractivity contribution in [1.29, 1.82) is 0 Å². The molecular formula is C17H24N2O3. The van der Waals surface area contributed by atoms with Crippen LogP contribution in [0.25, 0.3) is 0 Å². The maximum Gasteiger partial charge on any atom is 0.315 e. The maximum absolute atomic E-state index is 12.0. The van der Waals surface area contributed by atoms with E-state index >= 15 is 0 Å². The number of ether oxygens (including phenoxy) is 2. The van der Waals surface area contributed by atoms with E-state index in [1.165, 1.54) is 12.0 Å². The van der Waals surface area contributed by atoms with Gasteiger partial charge in [-0.05, 0) is 38.7 Å². The van der Waals surface area contributed by atoms with Gasteiger partial charge < -0.3 is 20.1 Å².